The van der Waals surface area contributed by atoms with E-state index in [2.05, 4.69) is 11.4 Å². The Morgan fingerprint density at radius 3 is 2.38 bits per heavy atom. The van der Waals surface area contributed by atoms with Crippen LogP contribution in [0.1, 0.15) is 30.9 Å². The van der Waals surface area contributed by atoms with E-state index in [-0.39, 0.29) is 24.6 Å². The molecular formula is C18H26N2O4. The van der Waals surface area contributed by atoms with Crippen LogP contribution in [0.3, 0.4) is 0 Å². The molecule has 24 heavy (non-hydrogen) atoms. The van der Waals surface area contributed by atoms with E-state index in [1.165, 1.54) is 0 Å². The van der Waals surface area contributed by atoms with Crippen LogP contribution in [0.15, 0.2) is 18.2 Å². The van der Waals surface area contributed by atoms with Crippen LogP contribution in [0.2, 0.25) is 0 Å². The van der Waals surface area contributed by atoms with Crippen LogP contribution in [0.4, 0.5) is 4.79 Å². The number of carbonyl (C=O) groups excluding carboxylic acids is 2. The van der Waals surface area contributed by atoms with Crippen molar-refractivity contribution in [2.45, 2.75) is 39.7 Å². The Morgan fingerprint density at radius 2 is 1.79 bits per heavy atom. The second kappa shape index (κ2) is 8.57. The van der Waals surface area contributed by atoms with Crippen LogP contribution in [0, 0.1) is 13.8 Å². The second-order valence-corrected chi connectivity index (χ2v) is 6.14. The fourth-order valence-corrected chi connectivity index (χ4v) is 2.86. The lowest BCUT2D eigenvalue weighted by Gasteiger charge is -2.31. The summed E-state index contributed by atoms with van der Waals surface area (Å²) < 4.78 is 10.5. The molecule has 0 atom stereocenters. The summed E-state index contributed by atoms with van der Waals surface area (Å²) in [5.41, 5.74) is 2.22. The summed E-state index contributed by atoms with van der Waals surface area (Å²) in [6, 6.07) is 5.96. The van der Waals surface area contributed by atoms with E-state index in [0.29, 0.717) is 25.4 Å². The van der Waals surface area contributed by atoms with Gasteiger partial charge in [0.05, 0.1) is 6.61 Å². The van der Waals surface area contributed by atoms with Crippen molar-refractivity contribution in [3.05, 3.63) is 29.3 Å². The van der Waals surface area contributed by atoms with Gasteiger partial charge < -0.3 is 19.7 Å². The maximum absolute atomic E-state index is 12.0. The Bertz CT molecular complexity index is 560. The zero-order valence-electron chi connectivity index (χ0n) is 14.6. The molecule has 1 aliphatic rings. The fourth-order valence-electron chi connectivity index (χ4n) is 2.86. The number of aryl methyl sites for hydroxylation is 2. The lowest BCUT2D eigenvalue weighted by atomic mass is 10.1. The number of hydrogen-bond acceptors (Lipinski definition) is 4. The summed E-state index contributed by atoms with van der Waals surface area (Å²) in [6.07, 6.45) is 1.18. The number of likely N-dealkylation sites (tertiary alicyclic amines) is 1. The normalized spacial score (nSPS) is 15.0. The maximum Gasteiger partial charge on any atom is 0.409 e. The Kier molecular flexibility index (Phi) is 6.46. The molecule has 1 aliphatic heterocycles. The lowest BCUT2D eigenvalue weighted by Crippen LogP contribution is -2.47. The summed E-state index contributed by atoms with van der Waals surface area (Å²) in [5, 5.41) is 2.97. The van der Waals surface area contributed by atoms with Gasteiger partial charge >= 0.3 is 6.09 Å². The predicted octanol–water partition coefficient (Wildman–Crippen LogP) is 2.42. The predicted molar refractivity (Wildman–Crippen MR) is 91.2 cm³/mol. The number of rotatable bonds is 5. The van der Waals surface area contributed by atoms with Gasteiger partial charge in [-0.05, 0) is 56.9 Å². The number of piperidine rings is 1. The summed E-state index contributed by atoms with van der Waals surface area (Å²) in [4.78, 5) is 25.3. The molecule has 0 spiro atoms. The maximum atomic E-state index is 12.0. The van der Waals surface area contributed by atoms with Gasteiger partial charge in [-0.3, -0.25) is 4.79 Å². The van der Waals surface area contributed by atoms with Crippen molar-refractivity contribution in [1.82, 2.24) is 10.2 Å². The lowest BCUT2D eigenvalue weighted by molar-refractivity contribution is -0.124. The zero-order valence-corrected chi connectivity index (χ0v) is 14.6. The van der Waals surface area contributed by atoms with E-state index >= 15 is 0 Å². The Morgan fingerprint density at radius 1 is 1.17 bits per heavy atom. The van der Waals surface area contributed by atoms with E-state index in [1.807, 2.05) is 26.0 Å². The molecule has 1 aromatic carbocycles. The topological polar surface area (TPSA) is 67.9 Å². The minimum absolute atomic E-state index is 0.000976. The number of hydrogen-bond donors (Lipinski definition) is 1. The van der Waals surface area contributed by atoms with Gasteiger partial charge in [0.25, 0.3) is 5.91 Å². The standard InChI is InChI=1S/C18H26N2O4/c1-4-23-18(22)20-7-5-15(6-8-20)19-17(21)12-24-16-10-13(2)9-14(3)11-16/h9-11,15H,4-8,12H2,1-3H3,(H,19,21). The van der Waals surface area contributed by atoms with Crippen LogP contribution in [0.5, 0.6) is 5.75 Å². The van der Waals surface area contributed by atoms with Crippen molar-refractivity contribution in [2.24, 2.45) is 0 Å². The molecule has 1 N–H and O–H groups in total. The molecule has 0 aromatic heterocycles. The number of nitrogens with one attached hydrogen (secondary N) is 1. The average molecular weight is 334 g/mol. The Hall–Kier alpha value is -2.24. The van der Waals surface area contributed by atoms with Gasteiger partial charge in [-0.25, -0.2) is 4.79 Å². The quantitative estimate of drug-likeness (QED) is 0.898. The van der Waals surface area contributed by atoms with Gasteiger partial charge in [-0.1, -0.05) is 6.07 Å². The summed E-state index contributed by atoms with van der Waals surface area (Å²) in [5.74, 6) is 0.573. The Labute approximate surface area is 143 Å². The van der Waals surface area contributed by atoms with Gasteiger partial charge in [-0.2, -0.15) is 0 Å². The third-order valence-electron chi connectivity index (χ3n) is 3.95. The van der Waals surface area contributed by atoms with Gasteiger partial charge in [0, 0.05) is 19.1 Å². The van der Waals surface area contributed by atoms with Gasteiger partial charge in [0.2, 0.25) is 0 Å². The van der Waals surface area contributed by atoms with Crippen LogP contribution in [0.25, 0.3) is 0 Å². The van der Waals surface area contributed by atoms with E-state index < -0.39 is 0 Å². The molecule has 132 valence electrons. The molecular weight excluding hydrogens is 308 g/mol. The first kappa shape index (κ1) is 18.1. The molecule has 2 rings (SSSR count). The summed E-state index contributed by atoms with van der Waals surface area (Å²) in [7, 11) is 0. The molecule has 0 radical (unpaired) electrons. The molecule has 6 heteroatoms. The number of ether oxygens (including phenoxy) is 2. The summed E-state index contributed by atoms with van der Waals surface area (Å²) in [6.45, 7) is 7.37. The van der Waals surface area contributed by atoms with Crippen molar-refractivity contribution in [3.8, 4) is 5.75 Å². The zero-order chi connectivity index (χ0) is 17.5. The van der Waals surface area contributed by atoms with Gasteiger partial charge in [0.1, 0.15) is 5.75 Å². The second-order valence-electron chi connectivity index (χ2n) is 6.14. The molecule has 2 amide bonds. The largest absolute Gasteiger partial charge is 0.484 e. The highest BCUT2D eigenvalue weighted by atomic mass is 16.6. The van der Waals surface area contributed by atoms with Crippen molar-refractivity contribution >= 4 is 12.0 Å². The van der Waals surface area contributed by atoms with Crippen LogP contribution < -0.4 is 10.1 Å². The van der Waals surface area contributed by atoms with Crippen molar-refractivity contribution < 1.29 is 19.1 Å². The third kappa shape index (κ3) is 5.44. The monoisotopic (exact) mass is 334 g/mol. The highest BCUT2D eigenvalue weighted by Crippen LogP contribution is 2.16. The fraction of sp³-hybridized carbons (Fsp3) is 0.556. The SMILES string of the molecule is CCOC(=O)N1CCC(NC(=O)COc2cc(C)cc(C)c2)CC1. The molecule has 0 saturated carbocycles. The molecule has 1 fully saturated rings. The Balaban J connectivity index is 1.72. The van der Waals surface area contributed by atoms with E-state index in [9.17, 15) is 9.59 Å². The molecule has 6 nitrogen and oxygen atoms in total. The molecule has 1 saturated heterocycles. The number of nitrogens with zero attached hydrogens (tertiary/aromatic N) is 1. The molecule has 0 unspecified atom stereocenters. The third-order valence-corrected chi connectivity index (χ3v) is 3.95. The number of amides is 2. The van der Waals surface area contributed by atoms with Gasteiger partial charge in [0.15, 0.2) is 6.61 Å². The van der Waals surface area contributed by atoms with Gasteiger partial charge in [-0.15, -0.1) is 0 Å². The average Bonchev–Trinajstić information content (AvgIpc) is 2.53. The van der Waals surface area contributed by atoms with E-state index in [0.717, 1.165) is 24.0 Å². The van der Waals surface area contributed by atoms with Crippen molar-refractivity contribution in [2.75, 3.05) is 26.3 Å². The van der Waals surface area contributed by atoms with Crippen LogP contribution >= 0.6 is 0 Å². The molecule has 1 heterocycles. The first-order valence-electron chi connectivity index (χ1n) is 8.40. The smallest absolute Gasteiger partial charge is 0.409 e. The molecule has 0 aliphatic carbocycles. The highest BCUT2D eigenvalue weighted by molar-refractivity contribution is 5.78. The first-order valence-corrected chi connectivity index (χ1v) is 8.40. The van der Waals surface area contributed by atoms with Crippen molar-refractivity contribution in [1.29, 1.82) is 0 Å². The van der Waals surface area contributed by atoms with Crippen LogP contribution in [-0.2, 0) is 9.53 Å². The molecule has 1 aromatic rings. The summed E-state index contributed by atoms with van der Waals surface area (Å²) >= 11 is 0. The minimum atomic E-state index is -0.277. The number of carbonyl (C=O) groups is 2. The first-order chi connectivity index (χ1) is 11.5. The highest BCUT2D eigenvalue weighted by Gasteiger charge is 2.24. The number of benzene rings is 1. The van der Waals surface area contributed by atoms with E-state index in [1.54, 1.807) is 11.8 Å². The molecule has 0 bridgehead atoms. The minimum Gasteiger partial charge on any atom is -0.484 e. The van der Waals surface area contributed by atoms with E-state index in [4.69, 9.17) is 9.47 Å². The van der Waals surface area contributed by atoms with Crippen LogP contribution in [-0.4, -0.2) is 49.2 Å². The van der Waals surface area contributed by atoms with Crippen molar-refractivity contribution in [3.63, 3.8) is 0 Å².